The molecule has 2 N–H and O–H groups in total. The molecule has 0 radical (unpaired) electrons. The number of H-pyrrole nitrogens is 1. The Bertz CT molecular complexity index is 790. The van der Waals surface area contributed by atoms with Gasteiger partial charge < -0.3 is 10.3 Å². The van der Waals surface area contributed by atoms with E-state index in [1.807, 2.05) is 0 Å². The number of rotatable bonds is 2. The van der Waals surface area contributed by atoms with Gasteiger partial charge in [-0.15, -0.1) is 0 Å². The van der Waals surface area contributed by atoms with Gasteiger partial charge in [0.2, 0.25) is 0 Å². The van der Waals surface area contributed by atoms with Gasteiger partial charge in [-0.3, -0.25) is 4.98 Å². The van der Waals surface area contributed by atoms with Crippen LogP contribution >= 0.6 is 0 Å². The molecule has 108 valence electrons. The van der Waals surface area contributed by atoms with Crippen LogP contribution in [0.1, 0.15) is 5.56 Å². The summed E-state index contributed by atoms with van der Waals surface area (Å²) in [5.41, 5.74) is 2.43. The molecule has 0 saturated heterocycles. The van der Waals surface area contributed by atoms with Gasteiger partial charge in [0.15, 0.2) is 0 Å². The molecule has 0 fully saturated rings. The van der Waals surface area contributed by atoms with Crippen LogP contribution in [0.2, 0.25) is 0 Å². The normalized spacial score (nSPS) is 11.8. The minimum Gasteiger partial charge on any atom is -0.386 e. The maximum absolute atomic E-state index is 12.7. The molecule has 0 spiro atoms. The quantitative estimate of drug-likeness (QED) is 0.739. The van der Waals surface area contributed by atoms with Crippen LogP contribution in [0, 0.1) is 0 Å². The molecule has 2 heterocycles. The molecule has 0 amide bonds. The standard InChI is InChI=1S/C15H12F3N3/c1-19-14-8-20-5-4-11(14)13-7-9-6-10(15(16,17)18)2-3-12(9)21-13/h2-8,19,21H,1H3. The predicted octanol–water partition coefficient (Wildman–Crippen LogP) is 4.29. The minimum atomic E-state index is -4.33. The fourth-order valence-electron chi connectivity index (χ4n) is 2.28. The van der Waals surface area contributed by atoms with Crippen LogP contribution in [0.5, 0.6) is 0 Å². The van der Waals surface area contributed by atoms with Crippen molar-refractivity contribution in [3.05, 3.63) is 48.3 Å². The van der Waals surface area contributed by atoms with E-state index in [1.54, 1.807) is 31.6 Å². The summed E-state index contributed by atoms with van der Waals surface area (Å²) in [6, 6.07) is 7.19. The average molecular weight is 291 g/mol. The Kier molecular flexibility index (Phi) is 3.08. The first-order chi connectivity index (χ1) is 9.99. The van der Waals surface area contributed by atoms with Crippen molar-refractivity contribution < 1.29 is 13.2 Å². The number of alkyl halides is 3. The van der Waals surface area contributed by atoms with Crippen molar-refractivity contribution in [2.75, 3.05) is 12.4 Å². The maximum atomic E-state index is 12.7. The van der Waals surface area contributed by atoms with Gasteiger partial charge >= 0.3 is 6.18 Å². The Morgan fingerprint density at radius 3 is 2.67 bits per heavy atom. The van der Waals surface area contributed by atoms with Crippen LogP contribution in [0.4, 0.5) is 18.9 Å². The van der Waals surface area contributed by atoms with Gasteiger partial charge in [-0.1, -0.05) is 0 Å². The summed E-state index contributed by atoms with van der Waals surface area (Å²) < 4.78 is 38.2. The molecule has 0 aliphatic rings. The highest BCUT2D eigenvalue weighted by atomic mass is 19.4. The number of hydrogen-bond acceptors (Lipinski definition) is 2. The van der Waals surface area contributed by atoms with Crippen molar-refractivity contribution >= 4 is 16.6 Å². The lowest BCUT2D eigenvalue weighted by Gasteiger charge is -2.05. The van der Waals surface area contributed by atoms with Gasteiger partial charge in [0.1, 0.15) is 0 Å². The van der Waals surface area contributed by atoms with E-state index in [0.29, 0.717) is 10.9 Å². The van der Waals surface area contributed by atoms with Crippen molar-refractivity contribution in [3.63, 3.8) is 0 Å². The number of aromatic amines is 1. The molecule has 0 aliphatic carbocycles. The number of anilines is 1. The van der Waals surface area contributed by atoms with Gasteiger partial charge in [-0.2, -0.15) is 13.2 Å². The zero-order chi connectivity index (χ0) is 15.0. The highest BCUT2D eigenvalue weighted by molar-refractivity contribution is 5.89. The molecule has 21 heavy (non-hydrogen) atoms. The summed E-state index contributed by atoms with van der Waals surface area (Å²) >= 11 is 0. The molecule has 0 bridgehead atoms. The lowest BCUT2D eigenvalue weighted by atomic mass is 10.1. The molecule has 0 aliphatic heterocycles. The van der Waals surface area contributed by atoms with Gasteiger partial charge in [0.05, 0.1) is 17.4 Å². The minimum absolute atomic E-state index is 0.527. The van der Waals surface area contributed by atoms with Crippen LogP contribution in [-0.2, 0) is 6.18 Å². The Labute approximate surface area is 118 Å². The van der Waals surface area contributed by atoms with E-state index in [4.69, 9.17) is 0 Å². The van der Waals surface area contributed by atoms with E-state index >= 15 is 0 Å². The van der Waals surface area contributed by atoms with Crippen molar-refractivity contribution in [2.45, 2.75) is 6.18 Å². The highest BCUT2D eigenvalue weighted by Crippen LogP contribution is 2.34. The lowest BCUT2D eigenvalue weighted by Crippen LogP contribution is -2.03. The number of aromatic nitrogens is 2. The number of pyridine rings is 1. The topological polar surface area (TPSA) is 40.7 Å². The van der Waals surface area contributed by atoms with Crippen LogP contribution in [0.15, 0.2) is 42.7 Å². The number of benzene rings is 1. The maximum Gasteiger partial charge on any atom is 0.416 e. The number of hydrogen-bond donors (Lipinski definition) is 2. The van der Waals surface area contributed by atoms with E-state index < -0.39 is 11.7 Å². The van der Waals surface area contributed by atoms with Gasteiger partial charge in [0, 0.05) is 35.4 Å². The second-order valence-electron chi connectivity index (χ2n) is 4.65. The molecule has 6 heteroatoms. The predicted molar refractivity (Wildman–Crippen MR) is 76.1 cm³/mol. The van der Waals surface area contributed by atoms with Crippen LogP contribution in [0.3, 0.4) is 0 Å². The zero-order valence-electron chi connectivity index (χ0n) is 11.1. The summed E-state index contributed by atoms with van der Waals surface area (Å²) in [6.45, 7) is 0. The summed E-state index contributed by atoms with van der Waals surface area (Å²) in [7, 11) is 1.77. The molecule has 2 aromatic heterocycles. The van der Waals surface area contributed by atoms with E-state index in [-0.39, 0.29) is 0 Å². The summed E-state index contributed by atoms with van der Waals surface area (Å²) in [6.07, 6.45) is -1.02. The molecular formula is C15H12F3N3. The smallest absolute Gasteiger partial charge is 0.386 e. The van der Waals surface area contributed by atoms with Crippen molar-refractivity contribution in [2.24, 2.45) is 0 Å². The Hall–Kier alpha value is -2.50. The van der Waals surface area contributed by atoms with E-state index in [0.717, 1.165) is 29.1 Å². The third-order valence-electron chi connectivity index (χ3n) is 3.33. The third-order valence-corrected chi connectivity index (χ3v) is 3.33. The van der Waals surface area contributed by atoms with E-state index in [1.165, 1.54) is 6.07 Å². The van der Waals surface area contributed by atoms with Crippen molar-refractivity contribution in [3.8, 4) is 11.3 Å². The lowest BCUT2D eigenvalue weighted by molar-refractivity contribution is -0.137. The second kappa shape index (κ2) is 4.80. The average Bonchev–Trinajstić information content (AvgIpc) is 2.89. The first-order valence-corrected chi connectivity index (χ1v) is 6.31. The van der Waals surface area contributed by atoms with Gasteiger partial charge in [0.25, 0.3) is 0 Å². The third kappa shape index (κ3) is 2.44. The SMILES string of the molecule is CNc1cnccc1-c1cc2cc(C(F)(F)F)ccc2[nH]1. The zero-order valence-corrected chi connectivity index (χ0v) is 11.1. The first-order valence-electron chi connectivity index (χ1n) is 6.31. The fraction of sp³-hybridized carbons (Fsp3) is 0.133. The number of halogens is 3. The first kappa shape index (κ1) is 13.5. The summed E-state index contributed by atoms with van der Waals surface area (Å²) in [5, 5.41) is 3.54. The monoisotopic (exact) mass is 291 g/mol. The molecule has 3 nitrogen and oxygen atoms in total. The van der Waals surface area contributed by atoms with Crippen molar-refractivity contribution in [1.29, 1.82) is 0 Å². The Morgan fingerprint density at radius 2 is 1.95 bits per heavy atom. The van der Waals surface area contributed by atoms with Crippen LogP contribution < -0.4 is 5.32 Å². The Morgan fingerprint density at radius 1 is 1.14 bits per heavy atom. The van der Waals surface area contributed by atoms with Gasteiger partial charge in [-0.25, -0.2) is 0 Å². The number of nitrogens with one attached hydrogen (secondary N) is 2. The van der Waals surface area contributed by atoms with E-state index in [9.17, 15) is 13.2 Å². The largest absolute Gasteiger partial charge is 0.416 e. The molecule has 3 rings (SSSR count). The molecule has 0 unspecified atom stereocenters. The highest BCUT2D eigenvalue weighted by Gasteiger charge is 2.30. The fourth-order valence-corrected chi connectivity index (χ4v) is 2.28. The molecule has 0 atom stereocenters. The molecule has 0 saturated carbocycles. The molecular weight excluding hydrogens is 279 g/mol. The molecule has 3 aromatic rings. The van der Waals surface area contributed by atoms with Crippen LogP contribution in [0.25, 0.3) is 22.2 Å². The summed E-state index contributed by atoms with van der Waals surface area (Å²) in [4.78, 5) is 7.15. The van der Waals surface area contributed by atoms with Crippen molar-refractivity contribution in [1.82, 2.24) is 9.97 Å². The van der Waals surface area contributed by atoms with E-state index in [2.05, 4.69) is 15.3 Å². The van der Waals surface area contributed by atoms with Crippen LogP contribution in [-0.4, -0.2) is 17.0 Å². The second-order valence-corrected chi connectivity index (χ2v) is 4.65. The Balaban J connectivity index is 2.13. The molecule has 1 aromatic carbocycles. The number of fused-ring (bicyclic) bond motifs is 1. The van der Waals surface area contributed by atoms with Gasteiger partial charge in [-0.05, 0) is 30.3 Å². The summed E-state index contributed by atoms with van der Waals surface area (Å²) in [5.74, 6) is 0. The number of nitrogens with zero attached hydrogens (tertiary/aromatic N) is 1.